The zero-order valence-electron chi connectivity index (χ0n) is 14.6. The molecule has 0 bridgehead atoms. The Hall–Kier alpha value is -2.25. The van der Waals surface area contributed by atoms with E-state index in [1.54, 1.807) is 23.5 Å². The van der Waals surface area contributed by atoms with Crippen LogP contribution in [-0.4, -0.2) is 28.1 Å². The molecule has 2 aromatic carbocycles. The van der Waals surface area contributed by atoms with Gasteiger partial charge in [-0.05, 0) is 37.4 Å². The van der Waals surface area contributed by atoms with E-state index in [0.717, 1.165) is 15.4 Å². The molecule has 5 nitrogen and oxygen atoms in total. The minimum Gasteiger partial charge on any atom is -0.403 e. The second-order valence-corrected chi connectivity index (χ2v) is 7.59. The number of hydrogen-bond donors (Lipinski definition) is 1. The molecule has 7 heteroatoms. The van der Waals surface area contributed by atoms with Crippen LogP contribution in [0.4, 0.5) is 6.01 Å². The predicted molar refractivity (Wildman–Crippen MR) is 107 cm³/mol. The fourth-order valence-electron chi connectivity index (χ4n) is 2.28. The molecular formula is C19H19N3O2S2. The van der Waals surface area contributed by atoms with Crippen molar-refractivity contribution < 1.29 is 9.21 Å². The van der Waals surface area contributed by atoms with Crippen molar-refractivity contribution in [3.8, 4) is 11.5 Å². The fraction of sp³-hybridized carbons (Fsp3) is 0.211. The largest absolute Gasteiger partial charge is 0.403 e. The Morgan fingerprint density at radius 1 is 1.12 bits per heavy atom. The van der Waals surface area contributed by atoms with Gasteiger partial charge < -0.3 is 4.42 Å². The van der Waals surface area contributed by atoms with E-state index in [1.165, 1.54) is 5.56 Å². The lowest BCUT2D eigenvalue weighted by molar-refractivity contribution is -0.115. The molecule has 26 heavy (non-hydrogen) atoms. The van der Waals surface area contributed by atoms with Crippen LogP contribution in [-0.2, 0) is 4.79 Å². The van der Waals surface area contributed by atoms with Crippen molar-refractivity contribution >= 4 is 35.4 Å². The van der Waals surface area contributed by atoms with Crippen LogP contribution in [0.5, 0.6) is 0 Å². The third-order valence-electron chi connectivity index (χ3n) is 3.63. The van der Waals surface area contributed by atoms with Gasteiger partial charge in [0.2, 0.25) is 5.91 Å². The zero-order valence-corrected chi connectivity index (χ0v) is 16.2. The average molecular weight is 386 g/mol. The van der Waals surface area contributed by atoms with E-state index < -0.39 is 0 Å². The summed E-state index contributed by atoms with van der Waals surface area (Å²) in [6, 6.07) is 16.2. The molecule has 0 radical (unpaired) electrons. The van der Waals surface area contributed by atoms with Crippen molar-refractivity contribution in [1.82, 2.24) is 10.2 Å². The highest BCUT2D eigenvalue weighted by molar-refractivity contribution is 7.99. The van der Waals surface area contributed by atoms with Gasteiger partial charge in [0.05, 0.1) is 5.56 Å². The summed E-state index contributed by atoms with van der Waals surface area (Å²) >= 11 is 3.25. The van der Waals surface area contributed by atoms with Crippen molar-refractivity contribution in [2.45, 2.75) is 23.1 Å². The maximum Gasteiger partial charge on any atom is 0.322 e. The predicted octanol–water partition coefficient (Wildman–Crippen LogP) is 4.89. The monoisotopic (exact) mass is 385 g/mol. The fourth-order valence-corrected chi connectivity index (χ4v) is 3.72. The van der Waals surface area contributed by atoms with E-state index in [1.807, 2.05) is 30.5 Å². The molecule has 0 saturated heterocycles. The van der Waals surface area contributed by atoms with Crippen LogP contribution in [0, 0.1) is 6.92 Å². The van der Waals surface area contributed by atoms with E-state index in [2.05, 4.69) is 46.7 Å². The summed E-state index contributed by atoms with van der Waals surface area (Å²) in [5.41, 5.74) is 2.09. The second kappa shape index (κ2) is 8.91. The van der Waals surface area contributed by atoms with E-state index in [0.29, 0.717) is 18.1 Å². The summed E-state index contributed by atoms with van der Waals surface area (Å²) in [6.45, 7) is 2.05. The number of nitrogens with zero attached hydrogens (tertiary/aromatic N) is 2. The highest BCUT2D eigenvalue weighted by Crippen LogP contribution is 2.29. The topological polar surface area (TPSA) is 68.0 Å². The van der Waals surface area contributed by atoms with Gasteiger partial charge in [-0.2, -0.15) is 0 Å². The first-order valence-corrected chi connectivity index (χ1v) is 10.3. The maximum atomic E-state index is 12.1. The highest BCUT2D eigenvalue weighted by Gasteiger charge is 2.13. The molecule has 1 heterocycles. The van der Waals surface area contributed by atoms with E-state index in [4.69, 9.17) is 4.42 Å². The van der Waals surface area contributed by atoms with E-state index in [9.17, 15) is 4.79 Å². The molecule has 0 atom stereocenters. The first kappa shape index (κ1) is 18.5. The Morgan fingerprint density at radius 2 is 1.88 bits per heavy atom. The molecule has 0 saturated carbocycles. The van der Waals surface area contributed by atoms with Gasteiger partial charge in [-0.15, -0.1) is 28.6 Å². The third-order valence-corrected chi connectivity index (χ3v) is 5.44. The number of carbonyl (C=O) groups is 1. The number of aryl methyl sites for hydroxylation is 1. The minimum absolute atomic E-state index is 0.126. The average Bonchev–Trinajstić information content (AvgIpc) is 3.11. The summed E-state index contributed by atoms with van der Waals surface area (Å²) in [5, 5.41) is 10.6. The lowest BCUT2D eigenvalue weighted by Crippen LogP contribution is -2.12. The van der Waals surface area contributed by atoms with Gasteiger partial charge in [0.1, 0.15) is 0 Å². The molecule has 0 aliphatic rings. The van der Waals surface area contributed by atoms with Crippen LogP contribution in [0.3, 0.4) is 0 Å². The molecule has 0 unspecified atom stereocenters. The molecule has 0 aliphatic heterocycles. The van der Waals surface area contributed by atoms with Crippen LogP contribution in [0.15, 0.2) is 62.7 Å². The lowest BCUT2D eigenvalue weighted by Gasteiger charge is -2.03. The van der Waals surface area contributed by atoms with Crippen LogP contribution in [0.1, 0.15) is 12.0 Å². The number of thioether (sulfide) groups is 2. The molecule has 0 spiro atoms. The van der Waals surface area contributed by atoms with Gasteiger partial charge in [0, 0.05) is 22.0 Å². The molecule has 1 amide bonds. The SMILES string of the molecule is CSc1ccccc1-c1nnc(NC(=O)CCSc2ccc(C)cc2)o1. The summed E-state index contributed by atoms with van der Waals surface area (Å²) < 4.78 is 5.59. The van der Waals surface area contributed by atoms with Gasteiger partial charge in [-0.1, -0.05) is 34.9 Å². The molecule has 3 aromatic rings. The first-order chi connectivity index (χ1) is 12.7. The quantitative estimate of drug-likeness (QED) is 0.584. The first-order valence-electron chi connectivity index (χ1n) is 8.12. The minimum atomic E-state index is -0.141. The standard InChI is InChI=1S/C19H19N3O2S2/c1-13-7-9-14(10-8-13)26-12-11-17(23)20-19-22-21-18(24-19)15-5-3-4-6-16(15)25-2/h3-10H,11-12H2,1-2H3,(H,20,22,23). The molecule has 0 fully saturated rings. The number of aromatic nitrogens is 2. The molecule has 134 valence electrons. The number of hydrogen-bond acceptors (Lipinski definition) is 6. The van der Waals surface area contributed by atoms with Crippen molar-refractivity contribution in [1.29, 1.82) is 0 Å². The van der Waals surface area contributed by atoms with Crippen molar-refractivity contribution in [3.63, 3.8) is 0 Å². The number of anilines is 1. The smallest absolute Gasteiger partial charge is 0.322 e. The van der Waals surface area contributed by atoms with Gasteiger partial charge in [-0.25, -0.2) is 0 Å². The molecule has 3 rings (SSSR count). The second-order valence-electron chi connectivity index (χ2n) is 5.57. The summed E-state index contributed by atoms with van der Waals surface area (Å²) in [6.07, 6.45) is 2.36. The van der Waals surface area contributed by atoms with Gasteiger partial charge in [-0.3, -0.25) is 10.1 Å². The molecular weight excluding hydrogens is 366 g/mol. The van der Waals surface area contributed by atoms with E-state index in [-0.39, 0.29) is 11.9 Å². The lowest BCUT2D eigenvalue weighted by atomic mass is 10.2. The molecule has 1 aromatic heterocycles. The van der Waals surface area contributed by atoms with Crippen LogP contribution in [0.25, 0.3) is 11.5 Å². The Kier molecular flexibility index (Phi) is 6.35. The highest BCUT2D eigenvalue weighted by atomic mass is 32.2. The van der Waals surface area contributed by atoms with Crippen molar-refractivity contribution in [2.75, 3.05) is 17.3 Å². The van der Waals surface area contributed by atoms with Crippen LogP contribution in [0.2, 0.25) is 0 Å². The van der Waals surface area contributed by atoms with Gasteiger partial charge >= 0.3 is 6.01 Å². The number of amides is 1. The van der Waals surface area contributed by atoms with E-state index >= 15 is 0 Å². The Bertz CT molecular complexity index is 879. The number of carbonyl (C=O) groups excluding carboxylic acids is 1. The Balaban J connectivity index is 1.53. The molecule has 1 N–H and O–H groups in total. The summed E-state index contributed by atoms with van der Waals surface area (Å²) in [5.74, 6) is 0.947. The zero-order chi connectivity index (χ0) is 18.4. The number of rotatable bonds is 7. The summed E-state index contributed by atoms with van der Waals surface area (Å²) in [7, 11) is 0. The number of benzene rings is 2. The summed E-state index contributed by atoms with van der Waals surface area (Å²) in [4.78, 5) is 14.3. The number of nitrogens with one attached hydrogen (secondary N) is 1. The molecule has 0 aliphatic carbocycles. The van der Waals surface area contributed by atoms with Gasteiger partial charge in [0.15, 0.2) is 0 Å². The third kappa shape index (κ3) is 4.89. The normalized spacial score (nSPS) is 10.7. The van der Waals surface area contributed by atoms with Crippen molar-refractivity contribution in [3.05, 3.63) is 54.1 Å². The Morgan fingerprint density at radius 3 is 2.65 bits per heavy atom. The van der Waals surface area contributed by atoms with Crippen LogP contribution < -0.4 is 5.32 Å². The van der Waals surface area contributed by atoms with Crippen LogP contribution >= 0.6 is 23.5 Å². The maximum absolute atomic E-state index is 12.1. The van der Waals surface area contributed by atoms with Gasteiger partial charge in [0.25, 0.3) is 5.89 Å². The van der Waals surface area contributed by atoms with Crippen molar-refractivity contribution in [2.24, 2.45) is 0 Å². The Labute approximate surface area is 161 Å².